The number of aromatic nitrogens is 1. The Hall–Kier alpha value is -2.49. The van der Waals surface area contributed by atoms with Crippen LogP contribution in [0, 0.1) is 0 Å². The van der Waals surface area contributed by atoms with Gasteiger partial charge in [0.15, 0.2) is 5.76 Å². The molecule has 2 heterocycles. The number of hydrogen-bond donors (Lipinski definition) is 1. The van der Waals surface area contributed by atoms with E-state index in [2.05, 4.69) is 9.72 Å². The molecule has 0 saturated heterocycles. The zero-order chi connectivity index (χ0) is 12.5. The third-order valence-corrected chi connectivity index (χ3v) is 2.79. The highest BCUT2D eigenvalue weighted by Gasteiger charge is 2.13. The van der Waals surface area contributed by atoms with E-state index in [0.717, 1.165) is 16.6 Å². The van der Waals surface area contributed by atoms with Crippen LogP contribution < -0.4 is 0 Å². The van der Waals surface area contributed by atoms with Crippen LogP contribution in [0.1, 0.15) is 10.6 Å². The molecule has 2 aromatic heterocycles. The van der Waals surface area contributed by atoms with Crippen LogP contribution in [0.25, 0.3) is 22.4 Å². The number of ether oxygens (including phenoxy) is 1. The van der Waals surface area contributed by atoms with E-state index in [0.29, 0.717) is 5.76 Å². The van der Waals surface area contributed by atoms with Crippen molar-refractivity contribution < 1.29 is 13.9 Å². The van der Waals surface area contributed by atoms with Crippen LogP contribution in [0.3, 0.4) is 0 Å². The fraction of sp³-hybridized carbons (Fsp3) is 0.0714. The Kier molecular flexibility index (Phi) is 2.41. The summed E-state index contributed by atoms with van der Waals surface area (Å²) in [5.74, 6) is 0.343. The fourth-order valence-corrected chi connectivity index (χ4v) is 1.90. The Morgan fingerprint density at radius 1 is 1.22 bits per heavy atom. The Morgan fingerprint density at radius 3 is 2.83 bits per heavy atom. The molecule has 0 spiro atoms. The number of rotatable bonds is 2. The first-order valence-electron chi connectivity index (χ1n) is 5.54. The molecule has 0 unspecified atom stereocenters. The van der Waals surface area contributed by atoms with Gasteiger partial charge in [-0.3, -0.25) is 0 Å². The standard InChI is InChI=1S/C14H11NO3/c1-17-14(16)13-7-6-12(18-13)11-8-9-4-2-3-5-10(9)15-11/h2-8,15H,1H3. The molecule has 0 aliphatic heterocycles. The second kappa shape index (κ2) is 4.07. The highest BCUT2D eigenvalue weighted by Crippen LogP contribution is 2.25. The third-order valence-electron chi connectivity index (χ3n) is 2.79. The first kappa shape index (κ1) is 10.7. The van der Waals surface area contributed by atoms with E-state index >= 15 is 0 Å². The molecule has 0 radical (unpaired) electrons. The molecule has 0 bridgehead atoms. The van der Waals surface area contributed by atoms with Crippen molar-refractivity contribution in [3.8, 4) is 11.5 Å². The summed E-state index contributed by atoms with van der Waals surface area (Å²) in [4.78, 5) is 14.5. The number of H-pyrrole nitrogens is 1. The maximum atomic E-state index is 11.3. The molecule has 0 atom stereocenters. The maximum Gasteiger partial charge on any atom is 0.373 e. The summed E-state index contributed by atoms with van der Waals surface area (Å²) in [6, 6.07) is 13.3. The normalized spacial score (nSPS) is 10.7. The molecule has 18 heavy (non-hydrogen) atoms. The zero-order valence-electron chi connectivity index (χ0n) is 9.77. The number of furan rings is 1. The van der Waals surface area contributed by atoms with Crippen molar-refractivity contribution in [1.82, 2.24) is 4.98 Å². The molecule has 0 saturated carbocycles. The Balaban J connectivity index is 2.03. The summed E-state index contributed by atoms with van der Waals surface area (Å²) >= 11 is 0. The monoisotopic (exact) mass is 241 g/mol. The van der Waals surface area contributed by atoms with E-state index < -0.39 is 5.97 Å². The second-order valence-electron chi connectivity index (χ2n) is 3.93. The van der Waals surface area contributed by atoms with Gasteiger partial charge in [-0.1, -0.05) is 18.2 Å². The number of methoxy groups -OCH3 is 1. The number of carbonyl (C=O) groups is 1. The first-order chi connectivity index (χ1) is 8.78. The maximum absolute atomic E-state index is 11.3. The lowest BCUT2D eigenvalue weighted by atomic mass is 10.2. The SMILES string of the molecule is COC(=O)c1ccc(-c2cc3ccccc3[nH]2)o1. The molecular weight excluding hydrogens is 230 g/mol. The van der Waals surface area contributed by atoms with Gasteiger partial charge >= 0.3 is 5.97 Å². The van der Waals surface area contributed by atoms with Crippen molar-refractivity contribution in [2.24, 2.45) is 0 Å². The summed E-state index contributed by atoms with van der Waals surface area (Å²) in [6.45, 7) is 0. The number of carbonyl (C=O) groups excluding carboxylic acids is 1. The summed E-state index contributed by atoms with van der Waals surface area (Å²) in [5.41, 5.74) is 1.87. The predicted octanol–water partition coefficient (Wildman–Crippen LogP) is 3.21. The number of aromatic amines is 1. The van der Waals surface area contributed by atoms with Gasteiger partial charge in [0, 0.05) is 10.9 Å². The van der Waals surface area contributed by atoms with Crippen LogP contribution in [0.4, 0.5) is 0 Å². The minimum Gasteiger partial charge on any atom is -0.463 e. The lowest BCUT2D eigenvalue weighted by Crippen LogP contribution is -1.98. The molecule has 3 rings (SSSR count). The predicted molar refractivity (Wildman–Crippen MR) is 67.3 cm³/mol. The lowest BCUT2D eigenvalue weighted by Gasteiger charge is -1.93. The van der Waals surface area contributed by atoms with Crippen molar-refractivity contribution >= 4 is 16.9 Å². The van der Waals surface area contributed by atoms with Crippen LogP contribution >= 0.6 is 0 Å². The summed E-state index contributed by atoms with van der Waals surface area (Å²) in [6.07, 6.45) is 0. The van der Waals surface area contributed by atoms with Gasteiger partial charge in [0.1, 0.15) is 0 Å². The molecule has 90 valence electrons. The Bertz CT molecular complexity index is 675. The lowest BCUT2D eigenvalue weighted by molar-refractivity contribution is 0.0566. The minimum absolute atomic E-state index is 0.200. The Morgan fingerprint density at radius 2 is 2.06 bits per heavy atom. The average Bonchev–Trinajstić information content (AvgIpc) is 3.03. The number of fused-ring (bicyclic) bond motifs is 1. The van der Waals surface area contributed by atoms with E-state index in [4.69, 9.17) is 4.42 Å². The van der Waals surface area contributed by atoms with Gasteiger partial charge in [0.25, 0.3) is 0 Å². The number of hydrogen-bond acceptors (Lipinski definition) is 3. The Labute approximate surface area is 103 Å². The highest BCUT2D eigenvalue weighted by atomic mass is 16.5. The molecule has 0 aliphatic carbocycles. The summed E-state index contributed by atoms with van der Waals surface area (Å²) in [5, 5.41) is 1.10. The van der Waals surface area contributed by atoms with Gasteiger partial charge in [-0.05, 0) is 24.3 Å². The molecular formula is C14H11NO3. The first-order valence-corrected chi connectivity index (χ1v) is 5.54. The van der Waals surface area contributed by atoms with E-state index in [1.165, 1.54) is 7.11 Å². The van der Waals surface area contributed by atoms with Crippen LogP contribution in [0.5, 0.6) is 0 Å². The molecule has 4 nitrogen and oxygen atoms in total. The molecule has 0 fully saturated rings. The van der Waals surface area contributed by atoms with Crippen LogP contribution in [0.15, 0.2) is 46.9 Å². The molecule has 1 N–H and O–H groups in total. The average molecular weight is 241 g/mol. The second-order valence-corrected chi connectivity index (χ2v) is 3.93. The molecule has 1 aromatic carbocycles. The van der Waals surface area contributed by atoms with Crippen LogP contribution in [-0.4, -0.2) is 18.1 Å². The van der Waals surface area contributed by atoms with Crippen molar-refractivity contribution in [3.05, 3.63) is 48.2 Å². The molecule has 0 aliphatic rings. The molecule has 3 aromatic rings. The van der Waals surface area contributed by atoms with E-state index in [1.54, 1.807) is 12.1 Å². The van der Waals surface area contributed by atoms with E-state index in [9.17, 15) is 4.79 Å². The van der Waals surface area contributed by atoms with Crippen LogP contribution in [0.2, 0.25) is 0 Å². The molecule has 4 heteroatoms. The number of benzene rings is 1. The van der Waals surface area contributed by atoms with Gasteiger partial charge in [0.2, 0.25) is 5.76 Å². The van der Waals surface area contributed by atoms with E-state index in [1.807, 2.05) is 30.3 Å². The van der Waals surface area contributed by atoms with Crippen molar-refractivity contribution in [2.75, 3.05) is 7.11 Å². The van der Waals surface area contributed by atoms with Gasteiger partial charge < -0.3 is 14.1 Å². The number of nitrogens with one attached hydrogen (secondary N) is 1. The van der Waals surface area contributed by atoms with Gasteiger partial charge in [-0.25, -0.2) is 4.79 Å². The van der Waals surface area contributed by atoms with Crippen molar-refractivity contribution in [2.45, 2.75) is 0 Å². The number of para-hydroxylation sites is 1. The third kappa shape index (κ3) is 1.68. The van der Waals surface area contributed by atoms with Gasteiger partial charge in [-0.15, -0.1) is 0 Å². The fourth-order valence-electron chi connectivity index (χ4n) is 1.90. The highest BCUT2D eigenvalue weighted by molar-refractivity contribution is 5.88. The quantitative estimate of drug-likeness (QED) is 0.701. The van der Waals surface area contributed by atoms with Gasteiger partial charge in [-0.2, -0.15) is 0 Å². The topological polar surface area (TPSA) is 55.2 Å². The van der Waals surface area contributed by atoms with Gasteiger partial charge in [0.05, 0.1) is 12.8 Å². The summed E-state index contributed by atoms with van der Waals surface area (Å²) in [7, 11) is 1.33. The van der Waals surface area contributed by atoms with Crippen molar-refractivity contribution in [3.63, 3.8) is 0 Å². The number of esters is 1. The minimum atomic E-state index is -0.475. The smallest absolute Gasteiger partial charge is 0.373 e. The summed E-state index contributed by atoms with van der Waals surface area (Å²) < 4.78 is 10.0. The van der Waals surface area contributed by atoms with Crippen LogP contribution in [-0.2, 0) is 4.74 Å². The zero-order valence-corrected chi connectivity index (χ0v) is 9.77. The largest absolute Gasteiger partial charge is 0.463 e. The van der Waals surface area contributed by atoms with Crippen molar-refractivity contribution in [1.29, 1.82) is 0 Å². The van der Waals surface area contributed by atoms with E-state index in [-0.39, 0.29) is 5.76 Å². The molecule has 0 amide bonds.